The van der Waals surface area contributed by atoms with E-state index in [1.54, 1.807) is 30.4 Å². The number of hydrogen-bond donors (Lipinski definition) is 0. The molecule has 2 fully saturated rings. The summed E-state index contributed by atoms with van der Waals surface area (Å²) in [5.41, 5.74) is 4.71. The number of esters is 1. The molecule has 2 atom stereocenters. The smallest absolute Gasteiger partial charge is 0.331 e. The van der Waals surface area contributed by atoms with Gasteiger partial charge in [-0.25, -0.2) is 14.8 Å². The zero-order chi connectivity index (χ0) is 30.0. The second-order valence-corrected chi connectivity index (χ2v) is 13.3. The van der Waals surface area contributed by atoms with Crippen LogP contribution in [0.25, 0.3) is 28.2 Å². The van der Waals surface area contributed by atoms with Crippen LogP contribution in [0, 0.1) is 5.41 Å². The minimum absolute atomic E-state index is 0.273. The predicted molar refractivity (Wildman–Crippen MR) is 171 cm³/mol. The molecule has 0 N–H and O–H groups in total. The van der Waals surface area contributed by atoms with Crippen molar-refractivity contribution in [2.45, 2.75) is 75.8 Å². The number of carbonyl (C=O) groups is 2. The Morgan fingerprint density at radius 3 is 2.56 bits per heavy atom. The molecular formula is C34H37N5O3S. The van der Waals surface area contributed by atoms with Gasteiger partial charge in [0.05, 0.1) is 12.0 Å². The number of imidazole rings is 1. The second-order valence-electron chi connectivity index (χ2n) is 11.6. The highest BCUT2D eigenvalue weighted by Gasteiger charge is 2.59. The topological polar surface area (TPSA) is 99.3 Å². The zero-order valence-corrected chi connectivity index (χ0v) is 25.7. The lowest BCUT2D eigenvalue weighted by molar-refractivity contribution is -0.144. The second kappa shape index (κ2) is 12.4. The first-order valence-electron chi connectivity index (χ1n) is 15.2. The highest BCUT2D eigenvalue weighted by Crippen LogP contribution is 2.51. The van der Waals surface area contributed by atoms with Gasteiger partial charge in [0.2, 0.25) is 0 Å². The lowest BCUT2D eigenvalue weighted by Crippen LogP contribution is -2.62. The van der Waals surface area contributed by atoms with E-state index in [4.69, 9.17) is 14.7 Å². The summed E-state index contributed by atoms with van der Waals surface area (Å²) in [6.07, 6.45) is 10.5. The van der Waals surface area contributed by atoms with E-state index in [-0.39, 0.29) is 17.8 Å². The molecule has 2 aliphatic carbocycles. The molecule has 3 aromatic heterocycles. The third-order valence-corrected chi connectivity index (χ3v) is 9.63. The van der Waals surface area contributed by atoms with Gasteiger partial charge in [-0.1, -0.05) is 45.2 Å². The lowest BCUT2D eigenvalue weighted by Gasteiger charge is -2.50. The fourth-order valence-electron chi connectivity index (χ4n) is 6.36. The third kappa shape index (κ3) is 5.62. The number of nitrogens with zero attached hydrogens (tertiary/aromatic N) is 5. The fourth-order valence-corrected chi connectivity index (χ4v) is 7.67. The first-order chi connectivity index (χ1) is 20.9. The van der Waals surface area contributed by atoms with E-state index >= 15 is 0 Å². The molecular weight excluding hydrogens is 558 g/mol. The van der Waals surface area contributed by atoms with Crippen LogP contribution in [-0.4, -0.2) is 60.1 Å². The quantitative estimate of drug-likeness (QED) is 0.205. The molecule has 0 radical (unpaired) electrons. The standard InChI is InChI=1S/C34H37N5O3S/c1-4-42-33(41)27(37-29-28(43-22(2)3)30(40)34(29)16-6-5-7-17-34)20-23-12-14-25(15-13-23)39-31(24-10-8-18-35-21-24)38-26-11-9-19-36-32(26)39/h8-15,18-19,21-22,27-28H,4-7,16-17,20H2,1-3H3/t27-,28?/m0/s1. The largest absolute Gasteiger partial charge is 0.464 e. The van der Waals surface area contributed by atoms with Crippen molar-refractivity contribution < 1.29 is 14.3 Å². The maximum absolute atomic E-state index is 13.5. The molecule has 6 rings (SSSR count). The molecule has 1 unspecified atom stereocenters. The van der Waals surface area contributed by atoms with Gasteiger partial charge in [0.1, 0.15) is 16.6 Å². The number of rotatable bonds is 9. The van der Waals surface area contributed by atoms with Crippen molar-refractivity contribution in [2.75, 3.05) is 6.61 Å². The van der Waals surface area contributed by atoms with Crippen molar-refractivity contribution in [1.82, 2.24) is 19.5 Å². The summed E-state index contributed by atoms with van der Waals surface area (Å²) in [4.78, 5) is 45.6. The summed E-state index contributed by atoms with van der Waals surface area (Å²) >= 11 is 1.65. The van der Waals surface area contributed by atoms with Gasteiger partial charge in [-0.15, -0.1) is 11.8 Å². The van der Waals surface area contributed by atoms with Gasteiger partial charge in [-0.3, -0.25) is 19.3 Å². The van der Waals surface area contributed by atoms with Crippen LogP contribution in [0.2, 0.25) is 0 Å². The number of aliphatic imine (C=N–C) groups is 1. The molecule has 0 bridgehead atoms. The van der Waals surface area contributed by atoms with Gasteiger partial charge in [-0.05, 0) is 61.7 Å². The first kappa shape index (κ1) is 29.2. The van der Waals surface area contributed by atoms with Crippen molar-refractivity contribution in [3.05, 3.63) is 72.7 Å². The van der Waals surface area contributed by atoms with Crippen molar-refractivity contribution in [3.63, 3.8) is 0 Å². The average molecular weight is 596 g/mol. The molecule has 9 heteroatoms. The molecule has 2 saturated carbocycles. The minimum atomic E-state index is -0.704. The minimum Gasteiger partial charge on any atom is -0.464 e. The van der Waals surface area contributed by atoms with Crippen molar-refractivity contribution in [2.24, 2.45) is 10.4 Å². The molecule has 2 aliphatic rings. The summed E-state index contributed by atoms with van der Waals surface area (Å²) in [7, 11) is 0. The van der Waals surface area contributed by atoms with Crippen LogP contribution in [0.4, 0.5) is 0 Å². The average Bonchev–Trinajstić information content (AvgIpc) is 3.43. The van der Waals surface area contributed by atoms with Crippen LogP contribution < -0.4 is 0 Å². The van der Waals surface area contributed by atoms with Gasteiger partial charge < -0.3 is 4.74 Å². The highest BCUT2D eigenvalue weighted by atomic mass is 32.2. The van der Waals surface area contributed by atoms with E-state index in [0.29, 0.717) is 17.5 Å². The van der Waals surface area contributed by atoms with Crippen molar-refractivity contribution >= 4 is 40.4 Å². The summed E-state index contributed by atoms with van der Waals surface area (Å²) in [6.45, 7) is 6.30. The van der Waals surface area contributed by atoms with Crippen molar-refractivity contribution in [1.29, 1.82) is 0 Å². The Balaban J connectivity index is 1.33. The number of thioether (sulfide) groups is 1. The molecule has 1 aromatic carbocycles. The van der Waals surface area contributed by atoms with Crippen LogP contribution in [0.1, 0.15) is 58.4 Å². The van der Waals surface area contributed by atoms with Crippen LogP contribution in [0.15, 0.2) is 72.1 Å². The Kier molecular flexibility index (Phi) is 8.43. The van der Waals surface area contributed by atoms with Gasteiger partial charge in [-0.2, -0.15) is 0 Å². The van der Waals surface area contributed by atoms with Crippen molar-refractivity contribution in [3.8, 4) is 17.1 Å². The number of ketones is 1. The number of ether oxygens (including phenoxy) is 1. The Bertz CT molecular complexity index is 1640. The number of carbonyl (C=O) groups excluding carboxylic acids is 2. The monoisotopic (exact) mass is 595 g/mol. The van der Waals surface area contributed by atoms with E-state index < -0.39 is 11.5 Å². The Morgan fingerprint density at radius 1 is 1.09 bits per heavy atom. The SMILES string of the molecule is CCOC(=O)[C@H](Cc1ccc(-n2c(-c3cccnc3)nc3cccnc32)cc1)N=C1C(SC(C)C)C(=O)C12CCCCC2. The molecule has 0 saturated heterocycles. The van der Waals surface area contributed by atoms with Crippen LogP contribution >= 0.6 is 11.8 Å². The summed E-state index contributed by atoms with van der Waals surface area (Å²) in [5.74, 6) is 0.704. The molecule has 43 heavy (non-hydrogen) atoms. The summed E-state index contributed by atoms with van der Waals surface area (Å²) < 4.78 is 7.52. The highest BCUT2D eigenvalue weighted by molar-refractivity contribution is 8.02. The maximum Gasteiger partial charge on any atom is 0.331 e. The molecule has 3 heterocycles. The number of aromatic nitrogens is 4. The molecule has 0 aliphatic heterocycles. The van der Waals surface area contributed by atoms with E-state index in [1.807, 2.05) is 60.0 Å². The van der Waals surface area contributed by atoms with Gasteiger partial charge >= 0.3 is 5.97 Å². The van der Waals surface area contributed by atoms with E-state index in [2.05, 4.69) is 23.8 Å². The van der Waals surface area contributed by atoms with Gasteiger partial charge in [0.15, 0.2) is 17.5 Å². The molecule has 8 nitrogen and oxygen atoms in total. The van der Waals surface area contributed by atoms with Crippen LogP contribution in [-0.2, 0) is 20.7 Å². The lowest BCUT2D eigenvalue weighted by atomic mass is 9.58. The van der Waals surface area contributed by atoms with Gasteiger partial charge in [0, 0.05) is 47.2 Å². The summed E-state index contributed by atoms with van der Waals surface area (Å²) in [6, 6.07) is 15.1. The van der Waals surface area contributed by atoms with E-state index in [9.17, 15) is 9.59 Å². The Hall–Kier alpha value is -3.85. The molecule has 0 amide bonds. The Morgan fingerprint density at radius 2 is 1.86 bits per heavy atom. The number of pyridine rings is 2. The summed E-state index contributed by atoms with van der Waals surface area (Å²) in [5, 5.41) is 0.0179. The molecule has 4 aromatic rings. The molecule has 222 valence electrons. The number of fused-ring (bicyclic) bond motifs is 1. The molecule has 1 spiro atoms. The number of Topliss-reactive ketones (excluding diaryl/α,β-unsaturated/α-hetero) is 1. The first-order valence-corrected chi connectivity index (χ1v) is 16.1. The Labute approximate surface area is 256 Å². The number of hydrogen-bond acceptors (Lipinski definition) is 8. The zero-order valence-electron chi connectivity index (χ0n) is 24.9. The third-order valence-electron chi connectivity index (χ3n) is 8.38. The normalized spacial score (nSPS) is 19.6. The fraction of sp³-hybridized carbons (Fsp3) is 0.412. The van der Waals surface area contributed by atoms with E-state index in [1.165, 1.54) is 0 Å². The van der Waals surface area contributed by atoms with E-state index in [0.717, 1.165) is 71.6 Å². The number of benzene rings is 1. The maximum atomic E-state index is 13.5. The predicted octanol–water partition coefficient (Wildman–Crippen LogP) is 6.44. The van der Waals surface area contributed by atoms with Crippen LogP contribution in [0.3, 0.4) is 0 Å². The van der Waals surface area contributed by atoms with Gasteiger partial charge in [0.25, 0.3) is 0 Å². The van der Waals surface area contributed by atoms with Crippen LogP contribution in [0.5, 0.6) is 0 Å².